The van der Waals surface area contributed by atoms with Gasteiger partial charge in [-0.1, -0.05) is 0 Å². The number of rotatable bonds is 6. The van der Waals surface area contributed by atoms with Crippen molar-refractivity contribution in [3.63, 3.8) is 0 Å². The van der Waals surface area contributed by atoms with Gasteiger partial charge in [0.25, 0.3) is 0 Å². The third kappa shape index (κ3) is 4.76. The van der Waals surface area contributed by atoms with E-state index < -0.39 is 0 Å². The van der Waals surface area contributed by atoms with Gasteiger partial charge in [0.15, 0.2) is 0 Å². The Morgan fingerprint density at radius 1 is 1.56 bits per heavy atom. The Bertz CT molecular complexity index is 347. The van der Waals surface area contributed by atoms with Crippen molar-refractivity contribution in [2.24, 2.45) is 0 Å². The Morgan fingerprint density at radius 2 is 2.50 bits per heavy atom. The first-order valence-electron chi connectivity index (χ1n) is 6.32. The molecule has 1 amide bonds. The molecule has 2 heterocycles. The van der Waals surface area contributed by atoms with Gasteiger partial charge in [-0.05, 0) is 41.7 Å². The van der Waals surface area contributed by atoms with Crippen LogP contribution >= 0.6 is 11.3 Å². The fourth-order valence-electron chi connectivity index (χ4n) is 1.87. The van der Waals surface area contributed by atoms with Crippen LogP contribution in [0.3, 0.4) is 0 Å². The fraction of sp³-hybridized carbons (Fsp3) is 0.615. The van der Waals surface area contributed by atoms with Gasteiger partial charge in [0.1, 0.15) is 6.61 Å². The lowest BCUT2D eigenvalue weighted by Crippen LogP contribution is -2.30. The number of thiophene rings is 1. The van der Waals surface area contributed by atoms with Crippen molar-refractivity contribution in [2.45, 2.75) is 31.9 Å². The van der Waals surface area contributed by atoms with Crippen LogP contribution in [0.15, 0.2) is 16.8 Å². The van der Waals surface area contributed by atoms with E-state index >= 15 is 0 Å². The SMILES string of the molecule is O=C(COCC1CCCCO1)NCc1ccsc1. The number of carbonyl (C=O) groups is 1. The minimum Gasteiger partial charge on any atom is -0.376 e. The van der Waals surface area contributed by atoms with E-state index in [2.05, 4.69) is 5.32 Å². The van der Waals surface area contributed by atoms with Gasteiger partial charge in [-0.15, -0.1) is 0 Å². The second-order valence-corrected chi connectivity index (χ2v) is 5.19. The molecule has 1 atom stereocenters. The van der Waals surface area contributed by atoms with Gasteiger partial charge in [0, 0.05) is 13.2 Å². The van der Waals surface area contributed by atoms with E-state index in [1.165, 1.54) is 6.42 Å². The van der Waals surface area contributed by atoms with Crippen molar-refractivity contribution in [1.29, 1.82) is 0 Å². The van der Waals surface area contributed by atoms with Crippen LogP contribution in [0.2, 0.25) is 0 Å². The number of ether oxygens (including phenoxy) is 2. The van der Waals surface area contributed by atoms with Crippen LogP contribution in [0.25, 0.3) is 0 Å². The zero-order valence-corrected chi connectivity index (χ0v) is 11.2. The summed E-state index contributed by atoms with van der Waals surface area (Å²) < 4.78 is 10.9. The van der Waals surface area contributed by atoms with Crippen LogP contribution in [0.4, 0.5) is 0 Å². The Balaban J connectivity index is 1.54. The lowest BCUT2D eigenvalue weighted by atomic mass is 10.1. The van der Waals surface area contributed by atoms with E-state index in [0.717, 1.165) is 25.0 Å². The summed E-state index contributed by atoms with van der Waals surface area (Å²) in [7, 11) is 0. The highest BCUT2D eigenvalue weighted by Crippen LogP contribution is 2.12. The molecule has 0 aliphatic carbocycles. The monoisotopic (exact) mass is 269 g/mol. The normalized spacial score (nSPS) is 19.7. The molecular formula is C13H19NO3S. The van der Waals surface area contributed by atoms with E-state index in [4.69, 9.17) is 9.47 Å². The molecule has 0 radical (unpaired) electrons. The smallest absolute Gasteiger partial charge is 0.246 e. The topological polar surface area (TPSA) is 47.6 Å². The highest BCUT2D eigenvalue weighted by Gasteiger charge is 2.14. The molecular weight excluding hydrogens is 250 g/mol. The van der Waals surface area contributed by atoms with Crippen molar-refractivity contribution < 1.29 is 14.3 Å². The van der Waals surface area contributed by atoms with E-state index in [9.17, 15) is 4.79 Å². The molecule has 1 aliphatic rings. The van der Waals surface area contributed by atoms with Gasteiger partial charge in [0.2, 0.25) is 5.91 Å². The van der Waals surface area contributed by atoms with E-state index in [-0.39, 0.29) is 18.6 Å². The van der Waals surface area contributed by atoms with Gasteiger partial charge in [-0.25, -0.2) is 0 Å². The van der Waals surface area contributed by atoms with Crippen LogP contribution in [0.5, 0.6) is 0 Å². The van der Waals surface area contributed by atoms with Crippen LogP contribution in [-0.4, -0.2) is 31.8 Å². The molecule has 0 spiro atoms. The number of hydrogen-bond acceptors (Lipinski definition) is 4. The predicted octanol–water partition coefficient (Wildman–Crippen LogP) is 1.95. The second kappa shape index (κ2) is 7.51. The highest BCUT2D eigenvalue weighted by atomic mass is 32.1. The van der Waals surface area contributed by atoms with Crippen molar-refractivity contribution in [2.75, 3.05) is 19.8 Å². The summed E-state index contributed by atoms with van der Waals surface area (Å²) >= 11 is 1.63. The summed E-state index contributed by atoms with van der Waals surface area (Å²) in [5, 5.41) is 6.85. The summed E-state index contributed by atoms with van der Waals surface area (Å²) in [6.07, 6.45) is 3.54. The average Bonchev–Trinajstić information content (AvgIpc) is 2.91. The lowest BCUT2D eigenvalue weighted by Gasteiger charge is -2.22. The molecule has 100 valence electrons. The minimum absolute atomic E-state index is 0.0722. The standard InChI is InChI=1S/C13H19NO3S/c15-13(14-7-11-4-6-18-10-11)9-16-8-12-3-1-2-5-17-12/h4,6,10,12H,1-3,5,7-9H2,(H,14,15). The Labute approximate surface area is 111 Å². The maximum absolute atomic E-state index is 11.5. The predicted molar refractivity (Wildman–Crippen MR) is 70.6 cm³/mol. The maximum atomic E-state index is 11.5. The van der Waals surface area contributed by atoms with Crippen molar-refractivity contribution in [3.8, 4) is 0 Å². The third-order valence-corrected chi connectivity index (χ3v) is 3.61. The molecule has 4 nitrogen and oxygen atoms in total. The molecule has 1 fully saturated rings. The molecule has 1 aliphatic heterocycles. The maximum Gasteiger partial charge on any atom is 0.246 e. The summed E-state index contributed by atoms with van der Waals surface area (Å²) in [6.45, 7) is 2.03. The van der Waals surface area contributed by atoms with Gasteiger partial charge in [0.05, 0.1) is 12.7 Å². The van der Waals surface area contributed by atoms with Gasteiger partial charge < -0.3 is 14.8 Å². The Kier molecular flexibility index (Phi) is 5.64. The quantitative estimate of drug-likeness (QED) is 0.858. The van der Waals surface area contributed by atoms with E-state index in [0.29, 0.717) is 13.2 Å². The largest absolute Gasteiger partial charge is 0.376 e. The number of amides is 1. The van der Waals surface area contributed by atoms with Crippen LogP contribution in [0, 0.1) is 0 Å². The molecule has 1 aromatic rings. The zero-order chi connectivity index (χ0) is 12.6. The first kappa shape index (κ1) is 13.5. The molecule has 1 N–H and O–H groups in total. The molecule has 5 heteroatoms. The second-order valence-electron chi connectivity index (χ2n) is 4.41. The first-order chi connectivity index (χ1) is 8.84. The zero-order valence-electron chi connectivity index (χ0n) is 10.4. The third-order valence-electron chi connectivity index (χ3n) is 2.88. The summed E-state index contributed by atoms with van der Waals surface area (Å²) in [5.41, 5.74) is 1.13. The summed E-state index contributed by atoms with van der Waals surface area (Å²) in [6, 6.07) is 2.00. The Hall–Kier alpha value is -0.910. The molecule has 0 saturated carbocycles. The van der Waals surface area contributed by atoms with E-state index in [1.54, 1.807) is 11.3 Å². The summed E-state index contributed by atoms with van der Waals surface area (Å²) in [4.78, 5) is 11.5. The molecule has 1 aromatic heterocycles. The average molecular weight is 269 g/mol. The molecule has 1 unspecified atom stereocenters. The number of nitrogens with one attached hydrogen (secondary N) is 1. The highest BCUT2D eigenvalue weighted by molar-refractivity contribution is 7.07. The minimum atomic E-state index is -0.0722. The van der Waals surface area contributed by atoms with Crippen molar-refractivity contribution in [3.05, 3.63) is 22.4 Å². The molecule has 0 aromatic carbocycles. The van der Waals surface area contributed by atoms with Gasteiger partial charge in [-0.3, -0.25) is 4.79 Å². The first-order valence-corrected chi connectivity index (χ1v) is 7.26. The van der Waals surface area contributed by atoms with Crippen LogP contribution in [0.1, 0.15) is 24.8 Å². The summed E-state index contributed by atoms with van der Waals surface area (Å²) in [5.74, 6) is -0.0722. The molecule has 1 saturated heterocycles. The van der Waals surface area contributed by atoms with Gasteiger partial charge >= 0.3 is 0 Å². The fourth-order valence-corrected chi connectivity index (χ4v) is 2.54. The Morgan fingerprint density at radius 3 is 3.22 bits per heavy atom. The van der Waals surface area contributed by atoms with Gasteiger partial charge in [-0.2, -0.15) is 11.3 Å². The molecule has 0 bridgehead atoms. The van der Waals surface area contributed by atoms with Crippen LogP contribution < -0.4 is 5.32 Å². The molecule has 2 rings (SSSR count). The number of carbonyl (C=O) groups excluding carboxylic acids is 1. The lowest BCUT2D eigenvalue weighted by molar-refractivity contribution is -0.128. The van der Waals surface area contributed by atoms with Crippen molar-refractivity contribution >= 4 is 17.2 Å². The van der Waals surface area contributed by atoms with Crippen molar-refractivity contribution in [1.82, 2.24) is 5.32 Å². The number of hydrogen-bond donors (Lipinski definition) is 1. The van der Waals surface area contributed by atoms with Crippen LogP contribution in [-0.2, 0) is 20.8 Å². The van der Waals surface area contributed by atoms with E-state index in [1.807, 2.05) is 16.8 Å². The molecule has 18 heavy (non-hydrogen) atoms.